The van der Waals surface area contributed by atoms with Gasteiger partial charge >= 0.3 is 12.1 Å². The highest BCUT2D eigenvalue weighted by Crippen LogP contribution is 2.31. The highest BCUT2D eigenvalue weighted by molar-refractivity contribution is 6.29. The molecule has 0 bridgehead atoms. The Bertz CT molecular complexity index is 1320. The summed E-state index contributed by atoms with van der Waals surface area (Å²) in [6.07, 6.45) is -4.68. The first kappa shape index (κ1) is 27.2. The number of hydrogen-bond donors (Lipinski definition) is 3. The number of nitrogens with one attached hydrogen (secondary N) is 1. The minimum atomic E-state index is -4.73. The van der Waals surface area contributed by atoms with Crippen molar-refractivity contribution < 1.29 is 28.2 Å². The number of carboxylic acids is 1. The molecule has 194 valence electrons. The van der Waals surface area contributed by atoms with Crippen LogP contribution in [0, 0.1) is 5.92 Å². The zero-order valence-corrected chi connectivity index (χ0v) is 20.4. The largest absolute Gasteiger partial charge is 0.476 e. The number of aromatic nitrogens is 3. The summed E-state index contributed by atoms with van der Waals surface area (Å²) in [4.78, 5) is 34.1. The Hall–Kier alpha value is -3.38. The van der Waals surface area contributed by atoms with Gasteiger partial charge in [-0.25, -0.2) is 14.8 Å². The summed E-state index contributed by atoms with van der Waals surface area (Å²) in [5, 5.41) is 22.1. The number of aliphatic hydroxyl groups is 1. The summed E-state index contributed by atoms with van der Waals surface area (Å²) in [6.45, 7) is 6.21. The summed E-state index contributed by atoms with van der Waals surface area (Å²) in [5.41, 5.74) is -2.19. The van der Waals surface area contributed by atoms with Gasteiger partial charge in [0.05, 0.1) is 17.4 Å². The van der Waals surface area contributed by atoms with Crippen LogP contribution in [0.5, 0.6) is 0 Å². The zero-order valence-electron chi connectivity index (χ0n) is 19.7. The van der Waals surface area contributed by atoms with Crippen molar-refractivity contribution in [3.63, 3.8) is 0 Å². The van der Waals surface area contributed by atoms with Crippen molar-refractivity contribution in [3.05, 3.63) is 62.8 Å². The van der Waals surface area contributed by atoms with Crippen LogP contribution in [0.2, 0.25) is 5.15 Å². The Kier molecular flexibility index (Phi) is 8.09. The lowest BCUT2D eigenvalue weighted by molar-refractivity contribution is -0.137. The number of anilines is 2. The molecule has 0 aliphatic carbocycles. The Balaban J connectivity index is 0.00000176. The molecule has 0 aromatic carbocycles. The van der Waals surface area contributed by atoms with E-state index in [-0.39, 0.29) is 46.9 Å². The quantitative estimate of drug-likeness (QED) is 0.427. The van der Waals surface area contributed by atoms with Crippen molar-refractivity contribution in [3.8, 4) is 0 Å². The highest BCUT2D eigenvalue weighted by atomic mass is 35.5. The Morgan fingerprint density at radius 2 is 1.92 bits per heavy atom. The standard InChI is InChI=1S/C21H19ClF3N5O4.C2H6/c1-10-7-29(9-14(10)31)16-5-17(32)30-8-12(21(23,24)25)4-11(19(30)28-16)6-26-13-2-3-15(22)27-18(13)20(33)34;1-2/h2-5,8,10,14,26,31H,6-7,9H2,1H3,(H,33,34);1-2H3. The number of aliphatic hydroxyl groups excluding tert-OH is 1. The van der Waals surface area contributed by atoms with Crippen molar-refractivity contribution in [2.75, 3.05) is 23.3 Å². The van der Waals surface area contributed by atoms with Gasteiger partial charge in [-0.2, -0.15) is 13.2 Å². The lowest BCUT2D eigenvalue weighted by Crippen LogP contribution is -2.26. The molecule has 0 spiro atoms. The van der Waals surface area contributed by atoms with Crippen molar-refractivity contribution in [1.82, 2.24) is 14.4 Å². The van der Waals surface area contributed by atoms with Crippen LogP contribution in [0.25, 0.3) is 5.65 Å². The maximum atomic E-state index is 13.5. The number of carboxylic acid groups (broad SMARTS) is 1. The number of fused-ring (bicyclic) bond motifs is 1. The fraction of sp³-hybridized carbons (Fsp3) is 0.391. The molecule has 1 saturated heterocycles. The molecule has 2 unspecified atom stereocenters. The van der Waals surface area contributed by atoms with Crippen LogP contribution in [-0.2, 0) is 12.7 Å². The van der Waals surface area contributed by atoms with Gasteiger partial charge in [-0.1, -0.05) is 32.4 Å². The summed E-state index contributed by atoms with van der Waals surface area (Å²) in [6, 6.07) is 4.65. The SMILES string of the molecule is CC.CC1CN(c2cc(=O)n3cc(C(F)(F)F)cc(CNc4ccc(Cl)nc4C(=O)O)c3n2)CC1O. The number of β-amino-alcohol motifs (C(OH)–C–C–N with tert-alkyl or cyclic N) is 1. The molecule has 1 fully saturated rings. The molecule has 4 rings (SSSR count). The number of carbonyl (C=O) groups is 1. The van der Waals surface area contributed by atoms with Crippen molar-refractivity contribution >= 4 is 34.7 Å². The Labute approximate surface area is 209 Å². The van der Waals surface area contributed by atoms with E-state index in [0.29, 0.717) is 12.7 Å². The van der Waals surface area contributed by atoms with E-state index in [0.717, 1.165) is 16.5 Å². The van der Waals surface area contributed by atoms with E-state index < -0.39 is 35.1 Å². The van der Waals surface area contributed by atoms with E-state index in [9.17, 15) is 33.0 Å². The molecule has 0 radical (unpaired) electrons. The van der Waals surface area contributed by atoms with Crippen LogP contribution in [0.3, 0.4) is 0 Å². The average molecular weight is 528 g/mol. The van der Waals surface area contributed by atoms with E-state index in [4.69, 9.17) is 11.6 Å². The lowest BCUT2D eigenvalue weighted by atomic mass is 10.1. The first-order valence-corrected chi connectivity index (χ1v) is 11.5. The van der Waals surface area contributed by atoms with Gasteiger partial charge in [0, 0.05) is 43.4 Å². The van der Waals surface area contributed by atoms with Crippen molar-refractivity contribution in [2.45, 2.75) is 39.6 Å². The minimum Gasteiger partial charge on any atom is -0.476 e. The highest BCUT2D eigenvalue weighted by Gasteiger charge is 2.33. The molecule has 3 N–H and O–H groups in total. The number of hydrogen-bond acceptors (Lipinski definition) is 7. The van der Waals surface area contributed by atoms with Crippen LogP contribution in [0.1, 0.15) is 42.4 Å². The molecule has 4 heterocycles. The molecule has 0 saturated carbocycles. The molecule has 0 amide bonds. The van der Waals surface area contributed by atoms with Gasteiger partial charge in [-0.15, -0.1) is 0 Å². The number of nitrogens with zero attached hydrogens (tertiary/aromatic N) is 4. The zero-order chi connectivity index (χ0) is 26.8. The van der Waals surface area contributed by atoms with Gasteiger partial charge in [-0.05, 0) is 18.2 Å². The first-order chi connectivity index (χ1) is 16.9. The van der Waals surface area contributed by atoms with E-state index in [1.165, 1.54) is 12.1 Å². The number of aromatic carboxylic acids is 1. The molecule has 1 aliphatic rings. The second-order valence-electron chi connectivity index (χ2n) is 8.04. The minimum absolute atomic E-state index is 0.00728. The van der Waals surface area contributed by atoms with Gasteiger partial charge in [0.2, 0.25) is 0 Å². The maximum Gasteiger partial charge on any atom is 0.417 e. The third-order valence-electron chi connectivity index (χ3n) is 5.58. The molecule has 3 aromatic heterocycles. The summed E-state index contributed by atoms with van der Waals surface area (Å²) in [5.74, 6) is -1.22. The van der Waals surface area contributed by atoms with Crippen LogP contribution >= 0.6 is 11.6 Å². The first-order valence-electron chi connectivity index (χ1n) is 11.1. The fourth-order valence-electron chi connectivity index (χ4n) is 3.77. The van der Waals surface area contributed by atoms with Crippen LogP contribution in [0.4, 0.5) is 24.7 Å². The predicted molar refractivity (Wildman–Crippen MR) is 129 cm³/mol. The number of alkyl halides is 3. The molecule has 9 nitrogen and oxygen atoms in total. The lowest BCUT2D eigenvalue weighted by Gasteiger charge is -2.19. The third-order valence-corrected chi connectivity index (χ3v) is 5.79. The summed E-state index contributed by atoms with van der Waals surface area (Å²) < 4.78 is 41.4. The molecule has 13 heteroatoms. The van der Waals surface area contributed by atoms with E-state index in [1.807, 2.05) is 20.8 Å². The molecule has 2 atom stereocenters. The van der Waals surface area contributed by atoms with Crippen LogP contribution < -0.4 is 15.8 Å². The van der Waals surface area contributed by atoms with Crippen molar-refractivity contribution in [2.24, 2.45) is 5.92 Å². The second kappa shape index (κ2) is 10.7. The van der Waals surface area contributed by atoms with Gasteiger partial charge in [-0.3, -0.25) is 9.20 Å². The Morgan fingerprint density at radius 3 is 2.50 bits per heavy atom. The normalized spacial score (nSPS) is 17.6. The van der Waals surface area contributed by atoms with Gasteiger partial charge in [0.25, 0.3) is 5.56 Å². The van der Waals surface area contributed by atoms with E-state index >= 15 is 0 Å². The fourth-order valence-corrected chi connectivity index (χ4v) is 3.92. The molecule has 36 heavy (non-hydrogen) atoms. The van der Waals surface area contributed by atoms with Gasteiger partial charge in [0.15, 0.2) is 5.69 Å². The Morgan fingerprint density at radius 1 is 1.22 bits per heavy atom. The molecular weight excluding hydrogens is 503 g/mol. The van der Waals surface area contributed by atoms with E-state index in [2.05, 4.69) is 15.3 Å². The number of halogens is 4. The molecule has 1 aliphatic heterocycles. The average Bonchev–Trinajstić information content (AvgIpc) is 3.16. The topological polar surface area (TPSA) is 120 Å². The summed E-state index contributed by atoms with van der Waals surface area (Å²) in [7, 11) is 0. The van der Waals surface area contributed by atoms with Gasteiger partial charge in [0.1, 0.15) is 16.6 Å². The smallest absolute Gasteiger partial charge is 0.417 e. The van der Waals surface area contributed by atoms with E-state index in [1.54, 1.807) is 4.90 Å². The third kappa shape index (κ3) is 5.71. The predicted octanol–water partition coefficient (Wildman–Crippen LogP) is 3.92. The number of pyridine rings is 2. The summed E-state index contributed by atoms with van der Waals surface area (Å²) >= 11 is 5.75. The number of rotatable bonds is 5. The van der Waals surface area contributed by atoms with Gasteiger partial charge < -0.3 is 20.4 Å². The van der Waals surface area contributed by atoms with Crippen LogP contribution in [-0.4, -0.2) is 49.7 Å². The second-order valence-corrected chi connectivity index (χ2v) is 8.42. The van der Waals surface area contributed by atoms with Crippen molar-refractivity contribution in [1.29, 1.82) is 0 Å². The van der Waals surface area contributed by atoms with Crippen LogP contribution in [0.15, 0.2) is 35.3 Å². The monoisotopic (exact) mass is 527 g/mol. The molecule has 3 aromatic rings. The molecular formula is C23H25ClF3N5O4. The maximum absolute atomic E-state index is 13.5.